The van der Waals surface area contributed by atoms with Gasteiger partial charge < -0.3 is 34.2 Å². The summed E-state index contributed by atoms with van der Waals surface area (Å²) in [6.45, 7) is 2.46. The van der Waals surface area contributed by atoms with E-state index < -0.39 is 91.5 Å². The molecule has 16 nitrogen and oxygen atoms in total. The van der Waals surface area contributed by atoms with Crippen LogP contribution in [0.5, 0.6) is 0 Å². The van der Waals surface area contributed by atoms with Gasteiger partial charge in [0.2, 0.25) is 0 Å². The van der Waals surface area contributed by atoms with Crippen LogP contribution in [0, 0.1) is 0 Å². The monoisotopic (exact) mass is 1350 g/mol. The van der Waals surface area contributed by atoms with Crippen molar-refractivity contribution in [2.45, 2.75) is 322 Å². The van der Waals surface area contributed by atoms with Gasteiger partial charge in [-0.1, -0.05) is 272 Å². The van der Waals surface area contributed by atoms with Gasteiger partial charge in [0.25, 0.3) is 0 Å². The zero-order chi connectivity index (χ0) is 68.1. The average Bonchev–Trinajstić information content (AvgIpc) is 3.63. The van der Waals surface area contributed by atoms with Crippen molar-refractivity contribution in [1.29, 1.82) is 0 Å². The minimum Gasteiger partial charge on any atom is -0.463 e. The van der Waals surface area contributed by atoms with Gasteiger partial charge in [0.15, 0.2) is 6.10 Å². The van der Waals surface area contributed by atoms with Crippen LogP contribution in [0.4, 0.5) is 0 Å². The minimum absolute atomic E-state index is 0.0943. The highest BCUT2D eigenvalue weighted by molar-refractivity contribution is 7.47. The fourth-order valence-corrected chi connectivity index (χ4v) is 11.2. The van der Waals surface area contributed by atoms with Crippen molar-refractivity contribution in [3.8, 4) is 0 Å². The fourth-order valence-electron chi connectivity index (χ4n) is 9.65. The quantitative estimate of drug-likeness (QED) is 0.0146. The second-order valence-corrected chi connectivity index (χ2v) is 27.3. The molecule has 0 radical (unpaired) electrons. The third-order valence-corrected chi connectivity index (χ3v) is 17.2. The zero-order valence-electron chi connectivity index (χ0n) is 58.4. The maximum Gasteiger partial charge on any atom is 0.472 e. The number of carbonyl (C=O) groups excluding carboxylic acids is 3. The molecule has 18 heteroatoms. The summed E-state index contributed by atoms with van der Waals surface area (Å²) in [5, 5.41) is 20.5. The zero-order valence-corrected chi connectivity index (χ0v) is 60.2. The predicted octanol–water partition coefficient (Wildman–Crippen LogP) is 20.6. The number of phosphoric acid groups is 2. The van der Waals surface area contributed by atoms with Crippen LogP contribution in [0.25, 0.3) is 0 Å². The van der Waals surface area contributed by atoms with Gasteiger partial charge in [-0.05, 0) is 109 Å². The first-order valence-electron chi connectivity index (χ1n) is 36.5. The molecule has 0 aromatic carbocycles. The first-order valence-corrected chi connectivity index (χ1v) is 39.5. The Labute approximate surface area is 565 Å². The van der Waals surface area contributed by atoms with Crippen LogP contribution in [0.3, 0.4) is 0 Å². The van der Waals surface area contributed by atoms with Gasteiger partial charge in [0.05, 0.1) is 26.4 Å². The molecule has 0 aromatic rings. The Hall–Kier alpha value is -3.53. The van der Waals surface area contributed by atoms with Crippen molar-refractivity contribution in [2.24, 2.45) is 0 Å². The maximum absolute atomic E-state index is 12.8. The van der Waals surface area contributed by atoms with Gasteiger partial charge >= 0.3 is 33.6 Å². The van der Waals surface area contributed by atoms with E-state index in [2.05, 4.69) is 118 Å². The van der Waals surface area contributed by atoms with Crippen LogP contribution < -0.4 is 0 Å². The second kappa shape index (κ2) is 68.4. The van der Waals surface area contributed by atoms with Gasteiger partial charge in [-0.3, -0.25) is 32.5 Å². The number of esters is 3. The van der Waals surface area contributed by atoms with Crippen molar-refractivity contribution >= 4 is 33.6 Å². The lowest BCUT2D eigenvalue weighted by Crippen LogP contribution is -2.30. The third kappa shape index (κ3) is 69.6. The van der Waals surface area contributed by atoms with E-state index in [-0.39, 0.29) is 19.3 Å². The predicted molar refractivity (Wildman–Crippen MR) is 381 cm³/mol. The van der Waals surface area contributed by atoms with E-state index in [1.165, 1.54) is 109 Å². The van der Waals surface area contributed by atoms with Crippen LogP contribution in [0.2, 0.25) is 0 Å². The molecule has 4 N–H and O–H groups in total. The molecule has 0 amide bonds. The van der Waals surface area contributed by atoms with Gasteiger partial charge in [-0.25, -0.2) is 9.13 Å². The highest BCUT2D eigenvalue weighted by Crippen LogP contribution is 2.45. The molecule has 93 heavy (non-hydrogen) atoms. The number of aliphatic hydroxyl groups excluding tert-OH is 2. The van der Waals surface area contributed by atoms with Gasteiger partial charge in [-0.15, -0.1) is 0 Å². The Morgan fingerprint density at radius 1 is 0.312 bits per heavy atom. The van der Waals surface area contributed by atoms with E-state index in [4.69, 9.17) is 32.3 Å². The Morgan fingerprint density at radius 2 is 0.570 bits per heavy atom. The standard InChI is InChI=1S/C75H132O16P2/c1-4-7-10-13-16-19-22-23-24-25-26-27-28-29-30-31-32-33-34-35-36-37-38-39-40-41-42-43-44-45-48-50-52-55-58-61-73(78)85-64-70(76)65-87-92(81,82)88-66-71(77)67-89-93(83,84)90-69-72(91-75(80)63-60-57-54-51-47-21-18-15-12-9-6-3)68-86-74(79)62-59-56-53-49-46-20-17-14-11-8-5-2/h7,10,14-19,23-24,26-27,29-30,32-33,70-72,76-77H,4-6,8-9,11-13,20-22,25,28,31,34-69H2,1-3H3,(H,81,82)(H,83,84)/b10-7-,17-14-,18-15-,19-16-,24-23-,27-26-,30-29-,33-32-. The average molecular weight is 1350 g/mol. The third-order valence-electron chi connectivity index (χ3n) is 15.3. The summed E-state index contributed by atoms with van der Waals surface area (Å²) in [4.78, 5) is 58.2. The van der Waals surface area contributed by atoms with Crippen molar-refractivity contribution in [3.05, 3.63) is 97.2 Å². The van der Waals surface area contributed by atoms with Crippen LogP contribution in [0.15, 0.2) is 97.2 Å². The van der Waals surface area contributed by atoms with E-state index in [1.54, 1.807) is 0 Å². The molecule has 0 heterocycles. The van der Waals surface area contributed by atoms with E-state index in [0.29, 0.717) is 19.3 Å². The summed E-state index contributed by atoms with van der Waals surface area (Å²) >= 11 is 0. The van der Waals surface area contributed by atoms with Gasteiger partial charge in [0, 0.05) is 19.3 Å². The lowest BCUT2D eigenvalue weighted by molar-refractivity contribution is -0.161. The normalized spacial score (nSPS) is 14.7. The molecule has 538 valence electrons. The van der Waals surface area contributed by atoms with Gasteiger partial charge in [-0.2, -0.15) is 0 Å². The molecule has 0 aliphatic heterocycles. The molecular formula is C75H132O16P2. The molecule has 0 fully saturated rings. The Balaban J connectivity index is 4.24. The lowest BCUT2D eigenvalue weighted by atomic mass is 10.0. The summed E-state index contributed by atoms with van der Waals surface area (Å²) in [7, 11) is -9.76. The molecule has 0 rings (SSSR count). The molecule has 0 aliphatic rings. The maximum atomic E-state index is 12.8. The summed E-state index contributed by atoms with van der Waals surface area (Å²) < 4.78 is 60.7. The number of allylic oxidation sites excluding steroid dienone is 16. The molecule has 5 unspecified atom stereocenters. The molecule has 0 bridgehead atoms. The number of hydrogen-bond donors (Lipinski definition) is 4. The van der Waals surface area contributed by atoms with Crippen LogP contribution in [0.1, 0.15) is 303 Å². The minimum atomic E-state index is -4.92. The number of unbranched alkanes of at least 4 members (excludes halogenated alkanes) is 30. The van der Waals surface area contributed by atoms with E-state index in [0.717, 1.165) is 135 Å². The first-order chi connectivity index (χ1) is 45.2. The molecule has 0 aromatic heterocycles. The Bertz CT molecular complexity index is 2080. The Kier molecular flexibility index (Phi) is 65.8. The number of rotatable bonds is 69. The van der Waals surface area contributed by atoms with Crippen molar-refractivity contribution < 1.29 is 75.8 Å². The highest BCUT2D eigenvalue weighted by atomic mass is 31.2. The summed E-state index contributed by atoms with van der Waals surface area (Å²) in [6.07, 6.45) is 76.6. The Morgan fingerprint density at radius 3 is 0.914 bits per heavy atom. The summed E-state index contributed by atoms with van der Waals surface area (Å²) in [5.74, 6) is -1.59. The topological polar surface area (TPSA) is 231 Å². The summed E-state index contributed by atoms with van der Waals surface area (Å²) in [6, 6.07) is 0. The smallest absolute Gasteiger partial charge is 0.463 e. The van der Waals surface area contributed by atoms with Crippen molar-refractivity contribution in [1.82, 2.24) is 0 Å². The van der Waals surface area contributed by atoms with Crippen LogP contribution in [-0.2, 0) is 55.8 Å². The molecule has 0 aliphatic carbocycles. The number of carbonyl (C=O) groups is 3. The lowest BCUT2D eigenvalue weighted by Gasteiger charge is -2.21. The van der Waals surface area contributed by atoms with Crippen molar-refractivity contribution in [3.63, 3.8) is 0 Å². The number of hydrogen-bond acceptors (Lipinski definition) is 14. The largest absolute Gasteiger partial charge is 0.472 e. The first kappa shape index (κ1) is 89.5. The summed E-state index contributed by atoms with van der Waals surface area (Å²) in [5.41, 5.74) is 0. The fraction of sp³-hybridized carbons (Fsp3) is 0.747. The highest BCUT2D eigenvalue weighted by Gasteiger charge is 2.29. The van der Waals surface area contributed by atoms with Crippen LogP contribution >= 0.6 is 15.6 Å². The van der Waals surface area contributed by atoms with E-state index >= 15 is 0 Å². The molecular weight excluding hydrogens is 1220 g/mol. The molecule has 0 saturated carbocycles. The SMILES string of the molecule is CC/C=C\C/C=C\C/C=C\C/C=C\C/C=C\C/C=C\CCCCCCCCCCCCCCCCCCC(=O)OCC(O)COP(=O)(O)OCC(O)COP(=O)(O)OCC(COC(=O)CCCCCCC/C=C\CCCC)OC(=O)CCCCCCC/C=C\CCCC. The molecule has 0 saturated heterocycles. The van der Waals surface area contributed by atoms with E-state index in [1.807, 2.05) is 0 Å². The van der Waals surface area contributed by atoms with E-state index in [9.17, 15) is 43.5 Å². The molecule has 5 atom stereocenters. The second-order valence-electron chi connectivity index (χ2n) is 24.4. The van der Waals surface area contributed by atoms with Gasteiger partial charge in [0.1, 0.15) is 25.4 Å². The number of phosphoric ester groups is 2. The number of aliphatic hydroxyl groups is 2. The van der Waals surface area contributed by atoms with Crippen LogP contribution in [-0.4, -0.2) is 95.9 Å². The molecule has 0 spiro atoms. The van der Waals surface area contributed by atoms with Crippen molar-refractivity contribution in [2.75, 3.05) is 39.6 Å². The number of ether oxygens (including phenoxy) is 3.